The number of benzene rings is 1. The molecule has 53 heavy (non-hydrogen) atoms. The van der Waals surface area contributed by atoms with Crippen LogP contribution in [0.25, 0.3) is 6.08 Å². The molecule has 0 saturated heterocycles. The van der Waals surface area contributed by atoms with Crippen molar-refractivity contribution in [1.29, 1.82) is 0 Å². The van der Waals surface area contributed by atoms with Gasteiger partial charge in [-0.25, -0.2) is 8.42 Å². The number of unbranched alkanes of at least 4 members (excludes halogenated alkanes) is 2. The molecule has 0 aliphatic carbocycles. The first kappa shape index (κ1) is 47.3. The summed E-state index contributed by atoms with van der Waals surface area (Å²) in [6.45, 7) is 27.5. The Labute approximate surface area is 322 Å². The number of nitrogens with one attached hydrogen (secondary N) is 2. The summed E-state index contributed by atoms with van der Waals surface area (Å²) in [5, 5.41) is 18.4. The SMILES string of the molecule is CCCCn1c([O-])c(C=CC=CC=C2C(=O)N(c3ccc(S(=O)(=O)[O-])cc3)N=C2C)c(=O)n(CCCC)c1=S.CC[NH+](CC)CC.CC[NH+](CC)CC. The van der Waals surface area contributed by atoms with Gasteiger partial charge < -0.3 is 24.0 Å². The fourth-order valence-corrected chi connectivity index (χ4v) is 6.20. The zero-order valence-corrected chi connectivity index (χ0v) is 34.9. The zero-order valence-electron chi connectivity index (χ0n) is 33.2. The Morgan fingerprint density at radius 2 is 1.26 bits per heavy atom. The lowest BCUT2D eigenvalue weighted by atomic mass is 10.1. The molecule has 0 unspecified atom stereocenters. The van der Waals surface area contributed by atoms with Crippen molar-refractivity contribution in [2.45, 2.75) is 106 Å². The topological polar surface area (TPSA) is 149 Å². The molecule has 0 bridgehead atoms. The summed E-state index contributed by atoms with van der Waals surface area (Å²) in [5.41, 5.74) is 0.655. The lowest BCUT2D eigenvalue weighted by molar-refractivity contribution is -0.894. The van der Waals surface area contributed by atoms with Crippen LogP contribution in [0.15, 0.2) is 68.9 Å². The molecule has 3 rings (SSSR count). The third kappa shape index (κ3) is 14.6. The molecule has 12 nitrogen and oxygen atoms in total. The summed E-state index contributed by atoms with van der Waals surface area (Å²) in [7, 11) is -4.60. The van der Waals surface area contributed by atoms with Crippen molar-refractivity contribution < 1.29 is 32.7 Å². The second-order valence-corrected chi connectivity index (χ2v) is 14.3. The van der Waals surface area contributed by atoms with E-state index in [-0.39, 0.29) is 10.3 Å². The number of carbonyl (C=O) groups excluding carboxylic acids is 1. The molecule has 0 radical (unpaired) electrons. The van der Waals surface area contributed by atoms with Gasteiger partial charge in [0.15, 0.2) is 4.77 Å². The number of allylic oxidation sites excluding steroid dienone is 4. The fraction of sp³-hybridized carbons (Fsp3) is 0.538. The summed E-state index contributed by atoms with van der Waals surface area (Å²) < 4.78 is 36.6. The van der Waals surface area contributed by atoms with Gasteiger partial charge in [-0.1, -0.05) is 44.9 Å². The van der Waals surface area contributed by atoms with E-state index in [1.807, 2.05) is 13.8 Å². The van der Waals surface area contributed by atoms with E-state index in [2.05, 4.69) is 46.6 Å². The zero-order chi connectivity index (χ0) is 40.1. The van der Waals surface area contributed by atoms with E-state index in [4.69, 9.17) is 12.2 Å². The van der Waals surface area contributed by atoms with Gasteiger partial charge in [0, 0.05) is 18.7 Å². The lowest BCUT2D eigenvalue weighted by Crippen LogP contribution is -3.11. The largest absolute Gasteiger partial charge is 0.859 e. The number of hydrazone groups is 1. The van der Waals surface area contributed by atoms with E-state index in [0.29, 0.717) is 30.1 Å². The lowest BCUT2D eigenvalue weighted by Gasteiger charge is -2.22. The Hall–Kier alpha value is -3.69. The first-order valence-corrected chi connectivity index (χ1v) is 20.7. The summed E-state index contributed by atoms with van der Waals surface area (Å²) in [5.74, 6) is -0.855. The molecule has 0 saturated carbocycles. The molecule has 14 heteroatoms. The second kappa shape index (κ2) is 24.6. The molecule has 2 N–H and O–H groups in total. The molecule has 296 valence electrons. The Balaban J connectivity index is 0.000000845. The van der Waals surface area contributed by atoms with Crippen LogP contribution in [0.1, 0.15) is 93.6 Å². The van der Waals surface area contributed by atoms with Crippen molar-refractivity contribution in [3.05, 3.63) is 74.8 Å². The minimum atomic E-state index is -4.60. The van der Waals surface area contributed by atoms with Gasteiger partial charge in [0.05, 0.1) is 61.1 Å². The van der Waals surface area contributed by atoms with Crippen LogP contribution in [-0.2, 0) is 28.0 Å². The Kier molecular flexibility index (Phi) is 22.0. The third-order valence-electron chi connectivity index (χ3n) is 9.06. The van der Waals surface area contributed by atoms with Gasteiger partial charge in [0.2, 0.25) is 0 Å². The summed E-state index contributed by atoms with van der Waals surface area (Å²) in [4.78, 5) is 28.9. The highest BCUT2D eigenvalue weighted by Gasteiger charge is 2.28. The van der Waals surface area contributed by atoms with Gasteiger partial charge in [-0.05, 0) is 116 Å². The van der Waals surface area contributed by atoms with E-state index < -0.39 is 32.4 Å². The molecule has 2 aromatic rings. The van der Waals surface area contributed by atoms with Gasteiger partial charge in [-0.15, -0.1) is 0 Å². The van der Waals surface area contributed by atoms with Crippen LogP contribution in [-0.4, -0.2) is 73.0 Å². The van der Waals surface area contributed by atoms with Crippen molar-refractivity contribution >= 4 is 45.7 Å². The molecule has 1 aromatic heterocycles. The number of hydrogen-bond acceptors (Lipinski definition) is 8. The van der Waals surface area contributed by atoms with Crippen LogP contribution in [0.5, 0.6) is 5.88 Å². The average Bonchev–Trinajstić information content (AvgIpc) is 3.43. The van der Waals surface area contributed by atoms with E-state index in [9.17, 15) is 27.7 Å². The number of carbonyl (C=O) groups is 1. The number of quaternary nitrogens is 2. The predicted octanol–water partition coefficient (Wildman–Crippen LogP) is 3.74. The maximum atomic E-state index is 13.0. The van der Waals surface area contributed by atoms with Crippen LogP contribution >= 0.6 is 12.2 Å². The van der Waals surface area contributed by atoms with Crippen molar-refractivity contribution in [3.8, 4) is 5.88 Å². The second-order valence-electron chi connectivity index (χ2n) is 12.5. The highest BCUT2D eigenvalue weighted by molar-refractivity contribution is 7.85. The molecule has 1 amide bonds. The summed E-state index contributed by atoms with van der Waals surface area (Å²) >= 11 is 5.45. The molecule has 1 aromatic carbocycles. The van der Waals surface area contributed by atoms with Gasteiger partial charge in [-0.3, -0.25) is 14.2 Å². The van der Waals surface area contributed by atoms with E-state index in [1.165, 1.54) is 66.6 Å². The minimum Gasteiger partial charge on any atom is -0.859 e. The molecule has 0 fully saturated rings. The first-order chi connectivity index (χ1) is 25.2. The van der Waals surface area contributed by atoms with Crippen molar-refractivity contribution in [1.82, 2.24) is 9.13 Å². The van der Waals surface area contributed by atoms with Crippen molar-refractivity contribution in [3.63, 3.8) is 0 Å². The predicted molar refractivity (Wildman–Crippen MR) is 215 cm³/mol. The smallest absolute Gasteiger partial charge is 0.280 e. The molecule has 0 atom stereocenters. The third-order valence-corrected chi connectivity index (χ3v) is 10.4. The summed E-state index contributed by atoms with van der Waals surface area (Å²) in [6.07, 6.45) is 11.0. The molecular formula is C39H62N6O6S2. The van der Waals surface area contributed by atoms with Gasteiger partial charge in [0.25, 0.3) is 11.5 Å². The average molecular weight is 775 g/mol. The van der Waals surface area contributed by atoms with Crippen molar-refractivity contribution in [2.24, 2.45) is 5.10 Å². The van der Waals surface area contributed by atoms with Gasteiger partial charge in [-0.2, -0.15) is 10.1 Å². The summed E-state index contributed by atoms with van der Waals surface area (Å²) in [6, 6.07) is 4.89. The molecule has 2 heterocycles. The highest BCUT2D eigenvalue weighted by atomic mass is 32.2. The van der Waals surface area contributed by atoms with Gasteiger partial charge >= 0.3 is 0 Å². The highest BCUT2D eigenvalue weighted by Crippen LogP contribution is 2.25. The fourth-order valence-electron chi connectivity index (χ4n) is 5.38. The van der Waals surface area contributed by atoms with Crippen LogP contribution in [0, 0.1) is 4.77 Å². The Bertz CT molecular complexity index is 1760. The number of aromatic nitrogens is 2. The van der Waals surface area contributed by atoms with Crippen LogP contribution in [0.3, 0.4) is 0 Å². The first-order valence-electron chi connectivity index (χ1n) is 18.9. The molecular weight excluding hydrogens is 713 g/mol. The molecule has 1 aliphatic rings. The number of nitrogens with zero attached hydrogens (tertiary/aromatic N) is 4. The van der Waals surface area contributed by atoms with E-state index >= 15 is 0 Å². The Morgan fingerprint density at radius 3 is 1.70 bits per heavy atom. The van der Waals surface area contributed by atoms with Crippen LogP contribution in [0.4, 0.5) is 5.69 Å². The maximum absolute atomic E-state index is 13.0. The van der Waals surface area contributed by atoms with Crippen molar-refractivity contribution in [2.75, 3.05) is 44.3 Å². The molecule has 0 spiro atoms. The minimum absolute atomic E-state index is 0.0255. The number of amides is 1. The molecule has 1 aliphatic heterocycles. The number of anilines is 1. The number of rotatable bonds is 17. The van der Waals surface area contributed by atoms with Gasteiger partial charge in [0.1, 0.15) is 10.1 Å². The number of hydrogen-bond donors (Lipinski definition) is 2. The van der Waals surface area contributed by atoms with E-state index in [1.54, 1.807) is 41.0 Å². The normalized spacial score (nSPS) is 14.0. The van der Waals surface area contributed by atoms with Crippen LogP contribution in [0.2, 0.25) is 0 Å². The van der Waals surface area contributed by atoms with Crippen LogP contribution < -0.4 is 25.5 Å². The standard InChI is InChI=1S/C27H32N4O6S2.2C6H15N/c1-4-6-17-29-24(32)23(25(33)30(27(29)38)18-7-5-2)12-10-8-9-11-22-19(3)28-31(26(22)34)20-13-15-21(16-14-20)39(35,36)37;2*1-4-7(5-2)6-3/h8-16,32H,4-7,17-18H2,1-3H3,(H,35,36,37);2*4-6H2,1-3H3. The quantitative estimate of drug-likeness (QED) is 0.108. The maximum Gasteiger partial charge on any atom is 0.280 e. The van der Waals surface area contributed by atoms with E-state index in [0.717, 1.165) is 42.8 Å². The monoisotopic (exact) mass is 774 g/mol. The Morgan fingerprint density at radius 1 is 0.774 bits per heavy atom.